The average Bonchev–Trinajstić information content (AvgIpc) is 3.05. The Balaban J connectivity index is 0.00000320. The van der Waals surface area contributed by atoms with E-state index in [1.54, 1.807) is 0 Å². The van der Waals surface area contributed by atoms with Crippen LogP contribution in [0.15, 0.2) is 64.7 Å². The summed E-state index contributed by atoms with van der Waals surface area (Å²) in [5.74, 6) is 2.10. The molecule has 0 saturated heterocycles. The van der Waals surface area contributed by atoms with Crippen LogP contribution < -0.4 is 14.6 Å². The van der Waals surface area contributed by atoms with Gasteiger partial charge in [0.15, 0.2) is 11.5 Å². The highest BCUT2D eigenvalue weighted by molar-refractivity contribution is 6.09. The van der Waals surface area contributed by atoms with Gasteiger partial charge in [-0.2, -0.15) is 0 Å². The van der Waals surface area contributed by atoms with Crippen molar-refractivity contribution in [2.75, 3.05) is 40.9 Å². The Bertz CT molecular complexity index is 870. The number of nitrogens with one attached hydrogen (secondary N) is 1. The van der Waals surface area contributed by atoms with Crippen molar-refractivity contribution >= 4 is 17.5 Å². The summed E-state index contributed by atoms with van der Waals surface area (Å²) >= 11 is 0. The number of quaternary nitrogens is 1. The van der Waals surface area contributed by atoms with Crippen LogP contribution in [0, 0.1) is 0 Å². The van der Waals surface area contributed by atoms with Gasteiger partial charge in [0, 0.05) is 31.6 Å². The second kappa shape index (κ2) is 10.8. The van der Waals surface area contributed by atoms with Gasteiger partial charge in [-0.3, -0.25) is 5.32 Å². The molecule has 0 saturated carbocycles. The molecule has 0 spiro atoms. The van der Waals surface area contributed by atoms with Gasteiger partial charge in [-0.1, -0.05) is 35.4 Å². The third-order valence-corrected chi connectivity index (χ3v) is 4.63. The number of ether oxygens (including phenoxy) is 1. The molecule has 0 radical (unpaired) electrons. The molecule has 1 heterocycles. The number of hydrogen-bond donors (Lipinski definition) is 2. The fourth-order valence-corrected chi connectivity index (χ4v) is 3.24. The lowest BCUT2D eigenvalue weighted by atomic mass is 10.2. The van der Waals surface area contributed by atoms with Gasteiger partial charge in [-0.05, 0) is 31.8 Å². The topological polar surface area (TPSA) is 101 Å². The van der Waals surface area contributed by atoms with E-state index >= 15 is 0 Å². The summed E-state index contributed by atoms with van der Waals surface area (Å²) in [7, 11) is 6.06. The number of rotatable bonds is 9. The quantitative estimate of drug-likeness (QED) is 0.481. The molecule has 2 aromatic rings. The Hall–Kier alpha value is -2.78. The molecule has 1 aliphatic rings. The lowest BCUT2D eigenvalue weighted by Gasteiger charge is -2.21. The highest BCUT2D eigenvalue weighted by Crippen LogP contribution is 2.24. The molecule has 1 atom stereocenters. The normalized spacial score (nSPS) is 19.4. The first-order valence-electron chi connectivity index (χ1n) is 9.82. The van der Waals surface area contributed by atoms with Crippen molar-refractivity contribution < 1.29 is 15.3 Å². The average molecular weight is 415 g/mol. The molecule has 0 aliphatic carbocycles. The number of para-hydroxylation sites is 1. The third-order valence-electron chi connectivity index (χ3n) is 4.63. The Morgan fingerprint density at radius 2 is 1.90 bits per heavy atom. The number of aliphatic hydroxyl groups excluding tert-OH is 1. The van der Waals surface area contributed by atoms with Gasteiger partial charge >= 0.3 is 5.96 Å². The van der Waals surface area contributed by atoms with Crippen molar-refractivity contribution in [2.24, 2.45) is 10.1 Å². The van der Waals surface area contributed by atoms with Crippen molar-refractivity contribution in [1.29, 1.82) is 0 Å². The number of nitrogens with zero attached hydrogens (tertiary/aromatic N) is 4. The summed E-state index contributed by atoms with van der Waals surface area (Å²) in [6.07, 6.45) is 0.784. The van der Waals surface area contributed by atoms with Crippen LogP contribution in [0.3, 0.4) is 0 Å². The molecule has 162 valence electrons. The van der Waals surface area contributed by atoms with Gasteiger partial charge < -0.3 is 20.2 Å². The first kappa shape index (κ1) is 23.5. The maximum Gasteiger partial charge on any atom is 0.335 e. The summed E-state index contributed by atoms with van der Waals surface area (Å²) in [5.41, 5.74) is 2.21. The van der Waals surface area contributed by atoms with E-state index in [1.165, 1.54) is 5.56 Å². The van der Waals surface area contributed by atoms with Crippen LogP contribution in [-0.2, 0) is 6.54 Å². The Labute approximate surface area is 178 Å². The summed E-state index contributed by atoms with van der Waals surface area (Å²) in [6, 6.07) is 18.1. The largest absolute Gasteiger partial charge is 0.494 e. The molecule has 1 unspecified atom stereocenters. The van der Waals surface area contributed by atoms with Crippen molar-refractivity contribution in [3.8, 4) is 5.75 Å². The molecule has 0 amide bonds. The van der Waals surface area contributed by atoms with E-state index in [0.29, 0.717) is 24.9 Å². The molecule has 4 N–H and O–H groups in total. The minimum Gasteiger partial charge on any atom is -0.494 e. The summed E-state index contributed by atoms with van der Waals surface area (Å²) < 4.78 is 6.06. The monoisotopic (exact) mass is 414 g/mol. The molecule has 8 nitrogen and oxygen atoms in total. The molecule has 3 rings (SSSR count). The van der Waals surface area contributed by atoms with Crippen LogP contribution >= 0.6 is 0 Å². The zero-order chi connectivity index (χ0) is 20.7. The number of aliphatic hydroxyl groups is 1. The number of aliphatic imine (C=N–C) groups is 1. The molecular weight excluding hydrogens is 382 g/mol. The van der Waals surface area contributed by atoms with Crippen LogP contribution in [0.1, 0.15) is 12.0 Å². The number of amidine groups is 1. The minimum atomic E-state index is -0.147. The maximum atomic E-state index is 9.49. The fraction of sp³-hybridized carbons (Fsp3) is 0.364. The molecule has 2 aromatic carbocycles. The van der Waals surface area contributed by atoms with Gasteiger partial charge in [-0.15, -0.1) is 4.59 Å². The van der Waals surface area contributed by atoms with Gasteiger partial charge in [0.25, 0.3) is 0 Å². The smallest absolute Gasteiger partial charge is 0.335 e. The fourth-order valence-electron chi connectivity index (χ4n) is 3.24. The minimum absolute atomic E-state index is 0. The SMILES string of the molecule is CN(C)Cc1cccc(OCCCN=C2NC(CO)=N[N+]2(C)c2ccccc2)c1.O. The first-order valence-corrected chi connectivity index (χ1v) is 9.82. The second-order valence-corrected chi connectivity index (χ2v) is 7.42. The number of hydrogen-bond acceptors (Lipinski definition) is 5. The van der Waals surface area contributed by atoms with E-state index in [0.717, 1.165) is 24.4 Å². The number of guanidine groups is 1. The third kappa shape index (κ3) is 5.87. The Kier molecular flexibility index (Phi) is 8.49. The lowest BCUT2D eigenvalue weighted by molar-refractivity contribution is 0.312. The zero-order valence-corrected chi connectivity index (χ0v) is 17.9. The van der Waals surface area contributed by atoms with Crippen molar-refractivity contribution in [2.45, 2.75) is 13.0 Å². The second-order valence-electron chi connectivity index (χ2n) is 7.42. The van der Waals surface area contributed by atoms with Crippen molar-refractivity contribution in [1.82, 2.24) is 14.8 Å². The van der Waals surface area contributed by atoms with Gasteiger partial charge in [0.05, 0.1) is 6.61 Å². The summed E-state index contributed by atoms with van der Waals surface area (Å²) in [6.45, 7) is 1.94. The standard InChI is InChI=1S/C22H30N5O2.H2O/c1-26(2)16-18-9-7-12-20(15-18)29-14-8-13-23-22-24-21(17-28)25-27(22,3)19-10-5-4-6-11-19;/h4-7,9-12,15,28H,8,13-14,16-17H2,1-3H3,(H,23,24,25);1H2/q+1;. The Morgan fingerprint density at radius 3 is 2.60 bits per heavy atom. The molecule has 1 aliphatic heterocycles. The van der Waals surface area contributed by atoms with Crippen LogP contribution in [0.5, 0.6) is 5.75 Å². The predicted molar refractivity (Wildman–Crippen MR) is 122 cm³/mol. The highest BCUT2D eigenvalue weighted by atomic mass is 16.5. The van der Waals surface area contributed by atoms with Crippen LogP contribution in [0.25, 0.3) is 0 Å². The van der Waals surface area contributed by atoms with E-state index in [-0.39, 0.29) is 16.7 Å². The molecule has 8 heteroatoms. The first-order chi connectivity index (χ1) is 14.0. The van der Waals surface area contributed by atoms with Crippen molar-refractivity contribution in [3.05, 3.63) is 60.2 Å². The van der Waals surface area contributed by atoms with Gasteiger partial charge in [0.1, 0.15) is 19.4 Å². The highest BCUT2D eigenvalue weighted by Gasteiger charge is 2.40. The molecule has 0 fully saturated rings. The van der Waals surface area contributed by atoms with Crippen molar-refractivity contribution in [3.63, 3.8) is 0 Å². The van der Waals surface area contributed by atoms with E-state index in [2.05, 4.69) is 41.5 Å². The summed E-state index contributed by atoms with van der Waals surface area (Å²) in [4.78, 5) is 6.84. The molecule has 30 heavy (non-hydrogen) atoms. The van der Waals surface area contributed by atoms with Gasteiger partial charge in [-0.25, -0.2) is 4.99 Å². The van der Waals surface area contributed by atoms with Crippen LogP contribution in [0.2, 0.25) is 0 Å². The van der Waals surface area contributed by atoms with Crippen LogP contribution in [0.4, 0.5) is 5.69 Å². The van der Waals surface area contributed by atoms with E-state index < -0.39 is 0 Å². The maximum absolute atomic E-state index is 9.49. The van der Waals surface area contributed by atoms with E-state index in [1.807, 2.05) is 49.5 Å². The zero-order valence-electron chi connectivity index (χ0n) is 17.9. The summed E-state index contributed by atoms with van der Waals surface area (Å²) in [5, 5.41) is 17.2. The lowest BCUT2D eigenvalue weighted by Crippen LogP contribution is -2.47. The van der Waals surface area contributed by atoms with Crippen LogP contribution in [-0.4, -0.2) is 68.2 Å². The number of benzene rings is 2. The molecular formula is C22H32N5O3+. The molecule has 0 bridgehead atoms. The van der Waals surface area contributed by atoms with E-state index in [9.17, 15) is 5.11 Å². The molecule has 0 aromatic heterocycles. The Morgan fingerprint density at radius 1 is 1.13 bits per heavy atom. The van der Waals surface area contributed by atoms with E-state index in [4.69, 9.17) is 9.73 Å². The van der Waals surface area contributed by atoms with Gasteiger partial charge in [0.2, 0.25) is 0 Å². The predicted octanol–water partition coefficient (Wildman–Crippen LogP) is 1.59.